The van der Waals surface area contributed by atoms with E-state index in [-0.39, 0.29) is 7.12 Å². The van der Waals surface area contributed by atoms with Crippen LogP contribution in [0.5, 0.6) is 0 Å². The molecule has 0 bridgehead atoms. The Kier molecular flexibility index (Phi) is 4.85. The van der Waals surface area contributed by atoms with Crippen LogP contribution in [0.15, 0.2) is 30.5 Å². The quantitative estimate of drug-likeness (QED) is 0.761. The molecule has 2 rings (SSSR count). The Labute approximate surface area is 109 Å². The van der Waals surface area contributed by atoms with Crippen molar-refractivity contribution in [2.24, 2.45) is 0 Å². The third-order valence-corrected chi connectivity index (χ3v) is 2.80. The summed E-state index contributed by atoms with van der Waals surface area (Å²) in [6.07, 6.45) is 3.94. The van der Waals surface area contributed by atoms with Crippen LogP contribution in [0, 0.1) is 0 Å². The number of aromatic amines is 1. The fraction of sp³-hybridized carbons (Fsp3) is 0.429. The van der Waals surface area contributed by atoms with Gasteiger partial charge in [-0.25, -0.2) is 0 Å². The van der Waals surface area contributed by atoms with Gasteiger partial charge < -0.3 is 14.3 Å². The molecule has 1 aromatic heterocycles. The fourth-order valence-electron chi connectivity index (χ4n) is 1.91. The van der Waals surface area contributed by atoms with Crippen molar-refractivity contribution in [2.45, 2.75) is 26.7 Å². The van der Waals surface area contributed by atoms with E-state index in [1.165, 1.54) is 5.39 Å². The number of fused-ring (bicyclic) bond motifs is 1. The Bertz CT molecular complexity index is 475. The second-order valence-electron chi connectivity index (χ2n) is 4.40. The lowest BCUT2D eigenvalue weighted by Gasteiger charge is -2.14. The summed E-state index contributed by atoms with van der Waals surface area (Å²) in [5.74, 6) is 0. The molecule has 0 radical (unpaired) electrons. The maximum atomic E-state index is 5.77. The summed E-state index contributed by atoms with van der Waals surface area (Å²) >= 11 is 0. The first kappa shape index (κ1) is 13.2. The second kappa shape index (κ2) is 6.62. The summed E-state index contributed by atoms with van der Waals surface area (Å²) in [5, 5.41) is 1.19. The van der Waals surface area contributed by atoms with Crippen LogP contribution in [0.3, 0.4) is 0 Å². The van der Waals surface area contributed by atoms with Gasteiger partial charge in [-0.15, -0.1) is 0 Å². The normalized spacial score (nSPS) is 11.0. The Morgan fingerprint density at radius 1 is 1.06 bits per heavy atom. The highest BCUT2D eigenvalue weighted by molar-refractivity contribution is 6.61. The number of H-pyrrole nitrogens is 1. The highest BCUT2D eigenvalue weighted by Gasteiger charge is 2.21. The smallest absolute Gasteiger partial charge is 0.407 e. The number of aromatic nitrogens is 1. The topological polar surface area (TPSA) is 34.2 Å². The highest BCUT2D eigenvalue weighted by atomic mass is 16.6. The zero-order valence-corrected chi connectivity index (χ0v) is 11.1. The predicted molar refractivity (Wildman–Crippen MR) is 76.2 cm³/mol. The summed E-state index contributed by atoms with van der Waals surface area (Å²) in [6, 6.07) is 8.33. The lowest BCUT2D eigenvalue weighted by molar-refractivity contribution is 0.207. The van der Waals surface area contributed by atoms with Crippen LogP contribution in [0.2, 0.25) is 0 Å². The Morgan fingerprint density at radius 2 is 1.78 bits per heavy atom. The summed E-state index contributed by atoms with van der Waals surface area (Å²) in [4.78, 5) is 3.19. The largest absolute Gasteiger partial charge is 0.493 e. The maximum Gasteiger partial charge on any atom is 0.493 e. The van der Waals surface area contributed by atoms with Crippen LogP contribution in [-0.2, 0) is 9.31 Å². The number of rotatable bonds is 7. The number of hydrogen-bond acceptors (Lipinski definition) is 2. The molecule has 1 aromatic carbocycles. The van der Waals surface area contributed by atoms with Gasteiger partial charge in [0.1, 0.15) is 0 Å². The summed E-state index contributed by atoms with van der Waals surface area (Å²) in [6.45, 7) is 5.65. The van der Waals surface area contributed by atoms with Gasteiger partial charge in [-0.3, -0.25) is 0 Å². The van der Waals surface area contributed by atoms with Crippen LogP contribution in [0.1, 0.15) is 26.7 Å². The van der Waals surface area contributed by atoms with Crippen LogP contribution in [0.25, 0.3) is 10.9 Å². The zero-order valence-electron chi connectivity index (χ0n) is 11.1. The van der Waals surface area contributed by atoms with Crippen LogP contribution < -0.4 is 5.46 Å². The van der Waals surface area contributed by atoms with Crippen molar-refractivity contribution in [3.05, 3.63) is 30.5 Å². The molecule has 0 aliphatic rings. The van der Waals surface area contributed by atoms with E-state index in [2.05, 4.69) is 43.1 Å². The molecule has 0 spiro atoms. The van der Waals surface area contributed by atoms with E-state index in [0.717, 1.165) is 37.0 Å². The SMILES string of the molecule is CCCOB(OCCC)c1ccc2[nH]ccc2c1. The molecule has 96 valence electrons. The molecule has 3 nitrogen and oxygen atoms in total. The van der Waals surface area contributed by atoms with E-state index in [0.29, 0.717) is 0 Å². The van der Waals surface area contributed by atoms with E-state index in [9.17, 15) is 0 Å². The zero-order chi connectivity index (χ0) is 12.8. The van der Waals surface area contributed by atoms with Crippen molar-refractivity contribution < 1.29 is 9.31 Å². The van der Waals surface area contributed by atoms with E-state index in [1.807, 2.05) is 6.20 Å². The molecule has 18 heavy (non-hydrogen) atoms. The Balaban J connectivity index is 2.16. The fourth-order valence-corrected chi connectivity index (χ4v) is 1.91. The van der Waals surface area contributed by atoms with E-state index >= 15 is 0 Å². The standard InChI is InChI=1S/C14H20BNO2/c1-3-9-17-15(18-10-4-2)13-5-6-14-12(11-13)7-8-16-14/h5-8,11,16H,3-4,9-10H2,1-2H3. The van der Waals surface area contributed by atoms with Gasteiger partial charge in [-0.1, -0.05) is 26.0 Å². The molecule has 1 heterocycles. The van der Waals surface area contributed by atoms with Crippen LogP contribution >= 0.6 is 0 Å². The van der Waals surface area contributed by atoms with Gasteiger partial charge in [0.2, 0.25) is 0 Å². The average molecular weight is 245 g/mol. The monoisotopic (exact) mass is 245 g/mol. The second-order valence-corrected chi connectivity index (χ2v) is 4.40. The summed E-state index contributed by atoms with van der Waals surface area (Å²) in [5.41, 5.74) is 2.23. The minimum Gasteiger partial charge on any atom is -0.407 e. The molecule has 0 unspecified atom stereocenters. The molecule has 0 fully saturated rings. The third kappa shape index (κ3) is 3.15. The van der Waals surface area contributed by atoms with Crippen LogP contribution in [-0.4, -0.2) is 25.3 Å². The van der Waals surface area contributed by atoms with E-state index < -0.39 is 0 Å². The Morgan fingerprint density at radius 3 is 2.44 bits per heavy atom. The summed E-state index contributed by atoms with van der Waals surface area (Å²) < 4.78 is 11.5. The van der Waals surface area contributed by atoms with Crippen molar-refractivity contribution in [3.8, 4) is 0 Å². The van der Waals surface area contributed by atoms with Crippen molar-refractivity contribution in [2.75, 3.05) is 13.2 Å². The highest BCUT2D eigenvalue weighted by Crippen LogP contribution is 2.10. The molecule has 0 amide bonds. The lowest BCUT2D eigenvalue weighted by atomic mass is 9.78. The Hall–Kier alpha value is -1.26. The van der Waals surface area contributed by atoms with Crippen molar-refractivity contribution in [1.29, 1.82) is 0 Å². The van der Waals surface area contributed by atoms with Gasteiger partial charge in [0.25, 0.3) is 0 Å². The molecule has 0 aliphatic heterocycles. The number of nitrogens with one attached hydrogen (secondary N) is 1. The molecular weight excluding hydrogens is 225 g/mol. The number of benzene rings is 1. The molecule has 2 aromatic rings. The molecule has 1 N–H and O–H groups in total. The first-order valence-electron chi connectivity index (χ1n) is 6.65. The predicted octanol–water partition coefficient (Wildman–Crippen LogP) is 2.72. The number of hydrogen-bond donors (Lipinski definition) is 1. The summed E-state index contributed by atoms with van der Waals surface area (Å²) in [7, 11) is -0.246. The first-order valence-corrected chi connectivity index (χ1v) is 6.65. The molecular formula is C14H20BNO2. The van der Waals surface area contributed by atoms with Crippen molar-refractivity contribution in [1.82, 2.24) is 4.98 Å². The molecule has 0 atom stereocenters. The minimum atomic E-state index is -0.246. The molecule has 0 saturated carbocycles. The van der Waals surface area contributed by atoms with Crippen molar-refractivity contribution in [3.63, 3.8) is 0 Å². The molecule has 0 saturated heterocycles. The minimum absolute atomic E-state index is 0.246. The van der Waals surface area contributed by atoms with Gasteiger partial charge in [0, 0.05) is 24.9 Å². The van der Waals surface area contributed by atoms with Gasteiger partial charge in [-0.05, 0) is 35.8 Å². The molecule has 4 heteroatoms. The average Bonchev–Trinajstić information content (AvgIpc) is 2.86. The maximum absolute atomic E-state index is 5.77. The van der Waals surface area contributed by atoms with E-state index in [1.54, 1.807) is 0 Å². The molecule has 0 aliphatic carbocycles. The van der Waals surface area contributed by atoms with Crippen molar-refractivity contribution >= 4 is 23.5 Å². The lowest BCUT2D eigenvalue weighted by Crippen LogP contribution is -2.37. The van der Waals surface area contributed by atoms with Gasteiger partial charge in [0.05, 0.1) is 0 Å². The van der Waals surface area contributed by atoms with Gasteiger partial charge in [-0.2, -0.15) is 0 Å². The van der Waals surface area contributed by atoms with Crippen LogP contribution in [0.4, 0.5) is 0 Å². The van der Waals surface area contributed by atoms with E-state index in [4.69, 9.17) is 9.31 Å². The van der Waals surface area contributed by atoms with Gasteiger partial charge >= 0.3 is 7.12 Å². The van der Waals surface area contributed by atoms with Gasteiger partial charge in [0.15, 0.2) is 0 Å². The third-order valence-electron chi connectivity index (χ3n) is 2.80. The first-order chi connectivity index (χ1) is 8.85.